The van der Waals surface area contributed by atoms with Crippen molar-refractivity contribution in [3.05, 3.63) is 42.1 Å². The molecule has 3 N–H and O–H groups in total. The molecule has 2 aromatic rings. The molecule has 2 atom stereocenters. The van der Waals surface area contributed by atoms with Gasteiger partial charge in [-0.25, -0.2) is 0 Å². The van der Waals surface area contributed by atoms with Crippen LogP contribution in [0.25, 0.3) is 11.3 Å². The van der Waals surface area contributed by atoms with E-state index >= 15 is 0 Å². The third kappa shape index (κ3) is 2.29. The maximum atomic E-state index is 12.7. The van der Waals surface area contributed by atoms with E-state index in [1.54, 1.807) is 30.5 Å². The number of hydrogen-bond acceptors (Lipinski definition) is 4. The molecule has 0 bridgehead atoms. The summed E-state index contributed by atoms with van der Waals surface area (Å²) in [4.78, 5) is 37.8. The van der Waals surface area contributed by atoms with Crippen LogP contribution >= 0.6 is 0 Å². The number of benzene rings is 1. The van der Waals surface area contributed by atoms with Crippen LogP contribution in [0.5, 0.6) is 0 Å². The Bertz CT molecular complexity index is 846. The molecular weight excluding hydrogens is 324 g/mol. The number of aromatic amines is 1. The molecule has 2 aliphatic heterocycles. The molecule has 8 heteroatoms. The lowest BCUT2D eigenvalue weighted by Gasteiger charge is -2.22. The summed E-state index contributed by atoms with van der Waals surface area (Å²) in [5, 5.41) is 18.9. The quantitative estimate of drug-likeness (QED) is 0.746. The van der Waals surface area contributed by atoms with E-state index in [9.17, 15) is 19.5 Å². The summed E-state index contributed by atoms with van der Waals surface area (Å²) in [7, 11) is 0. The van der Waals surface area contributed by atoms with Gasteiger partial charge in [0.05, 0.1) is 11.6 Å². The minimum atomic E-state index is -1.22. The molecule has 2 fully saturated rings. The molecular formula is C17H16N4O4. The first-order valence-electron chi connectivity index (χ1n) is 7.91. The van der Waals surface area contributed by atoms with Gasteiger partial charge in [-0.05, 0) is 23.8 Å². The molecule has 4 rings (SSSR count). The zero-order valence-corrected chi connectivity index (χ0v) is 13.2. The van der Waals surface area contributed by atoms with Crippen LogP contribution in [0, 0.1) is 11.3 Å². The first-order chi connectivity index (χ1) is 12.0. The van der Waals surface area contributed by atoms with Gasteiger partial charge >= 0.3 is 5.97 Å². The first-order valence-corrected chi connectivity index (χ1v) is 7.91. The van der Waals surface area contributed by atoms with E-state index in [1.165, 1.54) is 4.90 Å². The second-order valence-electron chi connectivity index (χ2n) is 6.47. The fourth-order valence-electron chi connectivity index (χ4n) is 3.63. The van der Waals surface area contributed by atoms with Gasteiger partial charge in [-0.1, -0.05) is 12.1 Å². The van der Waals surface area contributed by atoms with Gasteiger partial charge < -0.3 is 15.3 Å². The fraction of sp³-hybridized carbons (Fsp3) is 0.294. The van der Waals surface area contributed by atoms with Gasteiger partial charge in [-0.3, -0.25) is 19.5 Å². The molecule has 0 unspecified atom stereocenters. The molecule has 0 aliphatic carbocycles. The molecule has 8 nitrogen and oxygen atoms in total. The third-order valence-corrected chi connectivity index (χ3v) is 5.09. The summed E-state index contributed by atoms with van der Waals surface area (Å²) in [5.41, 5.74) is 0.983. The highest BCUT2D eigenvalue weighted by atomic mass is 16.4. The SMILES string of the molecule is O=C1NC[C@@]2(C(=O)O)CN(C(=O)c3ccc(-c4ccn[nH]4)cc3)C[C@@H]12. The standard InChI is InChI=1S/C17H16N4O4/c22-14-12-7-21(9-17(12,8-18-14)16(24)25)15(23)11-3-1-10(2-4-11)13-5-6-19-20-13/h1-6,12H,7-9H2,(H,18,22)(H,19,20)(H,24,25)/t12-,17+/m0/s1. The Morgan fingerprint density at radius 2 is 2.00 bits per heavy atom. The molecule has 3 heterocycles. The maximum Gasteiger partial charge on any atom is 0.314 e. The summed E-state index contributed by atoms with van der Waals surface area (Å²) in [6.45, 7) is 0.223. The molecule has 0 radical (unpaired) electrons. The monoisotopic (exact) mass is 340 g/mol. The number of likely N-dealkylation sites (tertiary alicyclic amines) is 1. The highest BCUT2D eigenvalue weighted by Crippen LogP contribution is 2.40. The number of nitrogens with one attached hydrogen (secondary N) is 2. The number of carbonyl (C=O) groups is 3. The molecule has 1 aromatic heterocycles. The Hall–Kier alpha value is -3.16. The highest BCUT2D eigenvalue weighted by molar-refractivity contribution is 5.98. The van der Waals surface area contributed by atoms with Gasteiger partial charge in [0, 0.05) is 31.4 Å². The number of hydrogen-bond donors (Lipinski definition) is 3. The molecule has 2 saturated heterocycles. The molecule has 2 amide bonds. The second-order valence-corrected chi connectivity index (χ2v) is 6.47. The van der Waals surface area contributed by atoms with Gasteiger partial charge in [0.25, 0.3) is 5.91 Å². The van der Waals surface area contributed by atoms with Crippen molar-refractivity contribution in [3.63, 3.8) is 0 Å². The van der Waals surface area contributed by atoms with Crippen LogP contribution in [0.4, 0.5) is 0 Å². The molecule has 2 aliphatic rings. The van der Waals surface area contributed by atoms with E-state index in [4.69, 9.17) is 0 Å². The number of aromatic nitrogens is 2. The minimum Gasteiger partial charge on any atom is -0.481 e. The minimum absolute atomic E-state index is 0.0346. The predicted molar refractivity (Wildman–Crippen MR) is 86.5 cm³/mol. The van der Waals surface area contributed by atoms with Crippen molar-refractivity contribution in [3.8, 4) is 11.3 Å². The number of carboxylic acids is 1. The number of nitrogens with zero attached hydrogens (tertiary/aromatic N) is 2. The van der Waals surface area contributed by atoms with Gasteiger partial charge in [-0.15, -0.1) is 0 Å². The van der Waals surface area contributed by atoms with Crippen molar-refractivity contribution >= 4 is 17.8 Å². The van der Waals surface area contributed by atoms with Crippen LogP contribution in [-0.4, -0.2) is 57.6 Å². The van der Waals surface area contributed by atoms with Crippen LogP contribution in [0.15, 0.2) is 36.5 Å². The molecule has 25 heavy (non-hydrogen) atoms. The number of carboxylic acid groups (broad SMARTS) is 1. The van der Waals surface area contributed by atoms with Crippen LogP contribution < -0.4 is 5.32 Å². The third-order valence-electron chi connectivity index (χ3n) is 5.09. The number of H-pyrrole nitrogens is 1. The highest BCUT2D eigenvalue weighted by Gasteiger charge is 2.60. The van der Waals surface area contributed by atoms with E-state index < -0.39 is 17.3 Å². The van der Waals surface area contributed by atoms with E-state index in [-0.39, 0.29) is 31.4 Å². The number of fused-ring (bicyclic) bond motifs is 1. The molecule has 1 aromatic carbocycles. The average Bonchev–Trinajstić information content (AvgIpc) is 3.32. The molecule has 128 valence electrons. The number of amides is 2. The lowest BCUT2D eigenvalue weighted by molar-refractivity contribution is -0.149. The maximum absolute atomic E-state index is 12.7. The number of rotatable bonds is 3. The topological polar surface area (TPSA) is 115 Å². The zero-order valence-electron chi connectivity index (χ0n) is 13.2. The van der Waals surface area contributed by atoms with E-state index in [0.717, 1.165) is 11.3 Å². The Kier molecular flexibility index (Phi) is 3.34. The van der Waals surface area contributed by atoms with Crippen molar-refractivity contribution in [1.82, 2.24) is 20.4 Å². The number of aliphatic carboxylic acids is 1. The largest absolute Gasteiger partial charge is 0.481 e. The Balaban J connectivity index is 1.56. The summed E-state index contributed by atoms with van der Waals surface area (Å²) in [5.74, 6) is -2.30. The van der Waals surface area contributed by atoms with E-state index in [0.29, 0.717) is 5.56 Å². The van der Waals surface area contributed by atoms with Gasteiger partial charge in [-0.2, -0.15) is 5.10 Å². The predicted octanol–water partition coefficient (Wildman–Crippen LogP) is 0.349. The van der Waals surface area contributed by atoms with E-state index in [1.807, 2.05) is 6.07 Å². The van der Waals surface area contributed by atoms with Crippen molar-refractivity contribution < 1.29 is 19.5 Å². The van der Waals surface area contributed by atoms with Crippen LogP contribution in [-0.2, 0) is 9.59 Å². The summed E-state index contributed by atoms with van der Waals surface area (Å²) in [6, 6.07) is 8.82. The van der Waals surface area contributed by atoms with Crippen molar-refractivity contribution in [1.29, 1.82) is 0 Å². The van der Waals surface area contributed by atoms with Gasteiger partial charge in [0.1, 0.15) is 5.41 Å². The summed E-state index contributed by atoms with van der Waals surface area (Å²) < 4.78 is 0. The molecule has 0 saturated carbocycles. The lowest BCUT2D eigenvalue weighted by Crippen LogP contribution is -2.41. The van der Waals surface area contributed by atoms with Crippen molar-refractivity contribution in [2.75, 3.05) is 19.6 Å². The van der Waals surface area contributed by atoms with Gasteiger partial charge in [0.15, 0.2) is 0 Å². The average molecular weight is 340 g/mol. The smallest absolute Gasteiger partial charge is 0.314 e. The van der Waals surface area contributed by atoms with Crippen LogP contribution in [0.2, 0.25) is 0 Å². The van der Waals surface area contributed by atoms with Crippen LogP contribution in [0.1, 0.15) is 10.4 Å². The van der Waals surface area contributed by atoms with Crippen molar-refractivity contribution in [2.24, 2.45) is 11.3 Å². The Morgan fingerprint density at radius 3 is 2.60 bits per heavy atom. The first kappa shape index (κ1) is 15.4. The normalized spacial score (nSPS) is 24.9. The number of carbonyl (C=O) groups excluding carboxylic acids is 2. The van der Waals surface area contributed by atoms with Gasteiger partial charge in [0.2, 0.25) is 5.91 Å². The van der Waals surface area contributed by atoms with Crippen LogP contribution in [0.3, 0.4) is 0 Å². The zero-order chi connectivity index (χ0) is 17.6. The second kappa shape index (κ2) is 5.44. The fourth-order valence-corrected chi connectivity index (χ4v) is 3.63. The Labute approximate surface area is 142 Å². The van der Waals surface area contributed by atoms with Crippen molar-refractivity contribution in [2.45, 2.75) is 0 Å². The molecule has 0 spiro atoms. The summed E-state index contributed by atoms with van der Waals surface area (Å²) in [6.07, 6.45) is 1.65. The lowest BCUT2D eigenvalue weighted by atomic mass is 9.81. The summed E-state index contributed by atoms with van der Waals surface area (Å²) >= 11 is 0. The van der Waals surface area contributed by atoms with E-state index in [2.05, 4.69) is 15.5 Å². The Morgan fingerprint density at radius 1 is 1.24 bits per heavy atom.